The Morgan fingerprint density at radius 3 is 3.07 bits per heavy atom. The fourth-order valence-electron chi connectivity index (χ4n) is 1.29. The predicted octanol–water partition coefficient (Wildman–Crippen LogP) is 0.478. The Hall–Kier alpha value is -1.91. The van der Waals surface area contributed by atoms with Crippen molar-refractivity contribution in [2.75, 3.05) is 0 Å². The summed E-state index contributed by atoms with van der Waals surface area (Å²) in [5.41, 5.74) is 6.65. The summed E-state index contributed by atoms with van der Waals surface area (Å²) in [4.78, 5) is 19.2. The highest BCUT2D eigenvalue weighted by Gasteiger charge is 2.14. The normalized spacial score (nSPS) is 12.9. The minimum atomic E-state index is -0.421. The Kier molecular flexibility index (Phi) is 1.92. The quantitative estimate of drug-likeness (QED) is 0.748. The third kappa shape index (κ3) is 1.22. The molecule has 0 saturated carbocycles. The molecule has 2 aromatic rings. The van der Waals surface area contributed by atoms with E-state index < -0.39 is 11.9 Å². The zero-order chi connectivity index (χ0) is 10.1. The number of amides is 1. The zero-order valence-electron chi connectivity index (χ0n) is 7.71. The van der Waals surface area contributed by atoms with Gasteiger partial charge in [-0.25, -0.2) is 9.97 Å². The van der Waals surface area contributed by atoms with Crippen molar-refractivity contribution in [1.82, 2.24) is 14.5 Å². The molecule has 0 fully saturated rings. The molecule has 2 heterocycles. The fraction of sp³-hybridized carbons (Fsp3) is 0.222. The van der Waals surface area contributed by atoms with Crippen LogP contribution in [0.1, 0.15) is 13.0 Å². The third-order valence-corrected chi connectivity index (χ3v) is 2.16. The number of fused-ring (bicyclic) bond motifs is 1. The number of carbonyl (C=O) groups is 1. The van der Waals surface area contributed by atoms with Gasteiger partial charge in [-0.3, -0.25) is 4.79 Å². The van der Waals surface area contributed by atoms with Crippen molar-refractivity contribution in [3.05, 3.63) is 24.7 Å². The lowest BCUT2D eigenvalue weighted by Gasteiger charge is -2.08. The van der Waals surface area contributed by atoms with Crippen LogP contribution in [-0.2, 0) is 4.79 Å². The van der Waals surface area contributed by atoms with Crippen LogP contribution in [0.25, 0.3) is 11.2 Å². The Bertz CT molecular complexity index is 476. The molecule has 5 nitrogen and oxygen atoms in total. The van der Waals surface area contributed by atoms with Crippen LogP contribution in [0, 0.1) is 0 Å². The molecule has 0 aliphatic carbocycles. The van der Waals surface area contributed by atoms with Gasteiger partial charge in [-0.15, -0.1) is 0 Å². The number of carbonyl (C=O) groups excluding carboxylic acids is 1. The lowest BCUT2D eigenvalue weighted by Crippen LogP contribution is -2.23. The topological polar surface area (TPSA) is 73.8 Å². The summed E-state index contributed by atoms with van der Waals surface area (Å²) in [6, 6.07) is 3.22. The summed E-state index contributed by atoms with van der Waals surface area (Å²) < 4.78 is 1.66. The van der Waals surface area contributed by atoms with Gasteiger partial charge in [-0.2, -0.15) is 0 Å². The van der Waals surface area contributed by atoms with Gasteiger partial charge in [0.25, 0.3) is 0 Å². The van der Waals surface area contributed by atoms with Crippen LogP contribution in [0.5, 0.6) is 0 Å². The van der Waals surface area contributed by atoms with Gasteiger partial charge in [-0.05, 0) is 19.1 Å². The molecule has 72 valence electrons. The maximum atomic E-state index is 11.0. The Balaban J connectivity index is 2.58. The van der Waals surface area contributed by atoms with Crippen molar-refractivity contribution in [3.8, 4) is 0 Å². The Labute approximate surface area is 80.6 Å². The van der Waals surface area contributed by atoms with E-state index in [2.05, 4.69) is 9.97 Å². The minimum absolute atomic E-state index is 0.394. The highest BCUT2D eigenvalue weighted by Crippen LogP contribution is 2.14. The molecule has 0 radical (unpaired) electrons. The van der Waals surface area contributed by atoms with E-state index in [9.17, 15) is 4.79 Å². The third-order valence-electron chi connectivity index (χ3n) is 2.16. The lowest BCUT2D eigenvalue weighted by atomic mass is 10.3. The van der Waals surface area contributed by atoms with Crippen molar-refractivity contribution in [3.63, 3.8) is 0 Å². The van der Waals surface area contributed by atoms with Gasteiger partial charge in [0.2, 0.25) is 5.91 Å². The number of pyridine rings is 1. The number of primary amides is 1. The summed E-state index contributed by atoms with van der Waals surface area (Å²) in [5.74, 6) is -0.394. The first-order valence-corrected chi connectivity index (χ1v) is 4.27. The van der Waals surface area contributed by atoms with Crippen LogP contribution in [0.15, 0.2) is 24.7 Å². The van der Waals surface area contributed by atoms with E-state index in [1.807, 2.05) is 6.07 Å². The molecular weight excluding hydrogens is 180 g/mol. The highest BCUT2D eigenvalue weighted by molar-refractivity contribution is 5.80. The number of nitrogens with two attached hydrogens (primary N) is 1. The van der Waals surface area contributed by atoms with Crippen LogP contribution in [0.4, 0.5) is 0 Å². The van der Waals surface area contributed by atoms with Gasteiger partial charge < -0.3 is 10.3 Å². The molecule has 0 aliphatic rings. The molecule has 1 amide bonds. The van der Waals surface area contributed by atoms with Gasteiger partial charge in [0.1, 0.15) is 11.6 Å². The van der Waals surface area contributed by atoms with Crippen molar-refractivity contribution < 1.29 is 4.79 Å². The number of hydrogen-bond donors (Lipinski definition) is 1. The molecule has 1 unspecified atom stereocenters. The molecule has 0 aromatic carbocycles. The summed E-state index contributed by atoms with van der Waals surface area (Å²) >= 11 is 0. The van der Waals surface area contributed by atoms with Crippen molar-refractivity contribution in [2.24, 2.45) is 5.73 Å². The van der Waals surface area contributed by atoms with Crippen LogP contribution in [0.3, 0.4) is 0 Å². The van der Waals surface area contributed by atoms with Gasteiger partial charge in [-0.1, -0.05) is 0 Å². The maximum absolute atomic E-state index is 11.0. The number of hydrogen-bond acceptors (Lipinski definition) is 3. The fourth-order valence-corrected chi connectivity index (χ4v) is 1.29. The Morgan fingerprint density at radius 2 is 2.36 bits per heavy atom. The second-order valence-corrected chi connectivity index (χ2v) is 3.08. The first-order chi connectivity index (χ1) is 6.70. The minimum Gasteiger partial charge on any atom is -0.368 e. The maximum Gasteiger partial charge on any atom is 0.240 e. The summed E-state index contributed by atoms with van der Waals surface area (Å²) in [6.45, 7) is 1.72. The molecule has 0 aliphatic heterocycles. The van der Waals surface area contributed by atoms with Crippen LogP contribution in [-0.4, -0.2) is 20.4 Å². The zero-order valence-corrected chi connectivity index (χ0v) is 7.71. The standard InChI is InChI=1S/C9H10N4O/c1-6(8(10)14)13-5-12-7-3-2-4-11-9(7)13/h2-6H,1H3,(H2,10,14). The van der Waals surface area contributed by atoms with Crippen molar-refractivity contribution >= 4 is 17.1 Å². The first kappa shape index (κ1) is 8.68. The number of nitrogens with zero attached hydrogens (tertiary/aromatic N) is 3. The first-order valence-electron chi connectivity index (χ1n) is 4.27. The molecule has 14 heavy (non-hydrogen) atoms. The monoisotopic (exact) mass is 190 g/mol. The van der Waals surface area contributed by atoms with E-state index in [4.69, 9.17) is 5.73 Å². The summed E-state index contributed by atoms with van der Waals surface area (Å²) in [7, 11) is 0. The molecule has 1 atom stereocenters. The number of rotatable bonds is 2. The average molecular weight is 190 g/mol. The summed E-state index contributed by atoms with van der Waals surface area (Å²) in [6.07, 6.45) is 3.24. The van der Waals surface area contributed by atoms with Gasteiger partial charge in [0.15, 0.2) is 5.65 Å². The van der Waals surface area contributed by atoms with Crippen LogP contribution >= 0.6 is 0 Å². The number of aromatic nitrogens is 3. The van der Waals surface area contributed by atoms with E-state index in [-0.39, 0.29) is 0 Å². The summed E-state index contributed by atoms with van der Waals surface area (Å²) in [5, 5.41) is 0. The number of imidazole rings is 1. The lowest BCUT2D eigenvalue weighted by molar-refractivity contribution is -0.120. The molecule has 0 spiro atoms. The average Bonchev–Trinajstić information content (AvgIpc) is 2.60. The molecule has 2 N–H and O–H groups in total. The molecule has 0 bridgehead atoms. The van der Waals surface area contributed by atoms with E-state index in [0.717, 1.165) is 5.52 Å². The highest BCUT2D eigenvalue weighted by atomic mass is 16.1. The van der Waals surface area contributed by atoms with Crippen molar-refractivity contribution in [1.29, 1.82) is 0 Å². The second-order valence-electron chi connectivity index (χ2n) is 3.08. The van der Waals surface area contributed by atoms with Crippen molar-refractivity contribution in [2.45, 2.75) is 13.0 Å². The van der Waals surface area contributed by atoms with Crippen LogP contribution in [0.2, 0.25) is 0 Å². The second kappa shape index (κ2) is 3.10. The molecule has 2 aromatic heterocycles. The van der Waals surface area contributed by atoms with E-state index in [0.29, 0.717) is 5.65 Å². The largest absolute Gasteiger partial charge is 0.368 e. The van der Waals surface area contributed by atoms with Gasteiger partial charge in [0, 0.05) is 6.20 Å². The van der Waals surface area contributed by atoms with Gasteiger partial charge >= 0.3 is 0 Å². The van der Waals surface area contributed by atoms with E-state index in [1.54, 1.807) is 30.1 Å². The Morgan fingerprint density at radius 1 is 1.57 bits per heavy atom. The van der Waals surface area contributed by atoms with Gasteiger partial charge in [0.05, 0.1) is 6.33 Å². The predicted molar refractivity (Wildman–Crippen MR) is 51.4 cm³/mol. The molecule has 5 heteroatoms. The van der Waals surface area contributed by atoms with E-state index >= 15 is 0 Å². The molecule has 2 rings (SSSR count). The SMILES string of the molecule is CC(C(N)=O)n1cnc2cccnc21. The van der Waals surface area contributed by atoms with Crippen LogP contribution < -0.4 is 5.73 Å². The van der Waals surface area contributed by atoms with E-state index in [1.165, 1.54) is 0 Å². The smallest absolute Gasteiger partial charge is 0.240 e. The molecule has 0 saturated heterocycles. The molecular formula is C9H10N4O.